The van der Waals surface area contributed by atoms with E-state index in [-0.39, 0.29) is 5.56 Å². The molecule has 0 aliphatic carbocycles. The minimum Gasteiger partial charge on any atom is -0.497 e. The van der Waals surface area contributed by atoms with E-state index in [9.17, 15) is 9.18 Å². The zero-order valence-electron chi connectivity index (χ0n) is 15.4. The molecule has 0 radical (unpaired) electrons. The van der Waals surface area contributed by atoms with Crippen LogP contribution in [0, 0.1) is 5.82 Å². The molecule has 0 atom stereocenters. The normalized spacial score (nSPS) is 10.6. The van der Waals surface area contributed by atoms with Crippen molar-refractivity contribution in [3.8, 4) is 28.6 Å². The van der Waals surface area contributed by atoms with Gasteiger partial charge in [0.2, 0.25) is 5.82 Å². The highest BCUT2D eigenvalue weighted by molar-refractivity contribution is 6.04. The van der Waals surface area contributed by atoms with Gasteiger partial charge in [0.05, 0.1) is 12.7 Å². The second-order valence-electron chi connectivity index (χ2n) is 6.17. The number of methoxy groups -OCH3 is 1. The number of benzene rings is 3. The third-order valence-electron chi connectivity index (χ3n) is 4.26. The molecule has 0 aliphatic heterocycles. The van der Waals surface area contributed by atoms with Crippen LogP contribution >= 0.6 is 0 Å². The average molecular weight is 389 g/mol. The van der Waals surface area contributed by atoms with Crippen LogP contribution in [0.25, 0.3) is 22.8 Å². The van der Waals surface area contributed by atoms with Gasteiger partial charge < -0.3 is 14.6 Å². The second kappa shape index (κ2) is 7.93. The van der Waals surface area contributed by atoms with Crippen molar-refractivity contribution < 1.29 is 18.4 Å². The van der Waals surface area contributed by atoms with Gasteiger partial charge in [-0.05, 0) is 54.6 Å². The van der Waals surface area contributed by atoms with E-state index >= 15 is 0 Å². The predicted molar refractivity (Wildman–Crippen MR) is 106 cm³/mol. The monoisotopic (exact) mass is 389 g/mol. The first-order valence-electron chi connectivity index (χ1n) is 8.78. The number of hydrogen-bond donors (Lipinski definition) is 1. The van der Waals surface area contributed by atoms with Gasteiger partial charge in [-0.25, -0.2) is 4.39 Å². The number of halogens is 1. The van der Waals surface area contributed by atoms with E-state index in [1.807, 2.05) is 24.3 Å². The average Bonchev–Trinajstić information content (AvgIpc) is 3.24. The molecule has 0 aliphatic rings. The summed E-state index contributed by atoms with van der Waals surface area (Å²) in [6, 6.07) is 20.0. The lowest BCUT2D eigenvalue weighted by atomic mass is 10.1. The third kappa shape index (κ3) is 3.98. The molecule has 0 spiro atoms. The predicted octanol–water partition coefficient (Wildman–Crippen LogP) is 4.80. The van der Waals surface area contributed by atoms with Crippen molar-refractivity contribution in [2.75, 3.05) is 12.4 Å². The second-order valence-corrected chi connectivity index (χ2v) is 6.17. The fourth-order valence-corrected chi connectivity index (χ4v) is 2.77. The number of carbonyl (C=O) groups excluding carboxylic acids is 1. The maximum atomic E-state index is 13.8. The number of nitrogens with zero attached hydrogens (tertiary/aromatic N) is 2. The fraction of sp³-hybridized carbons (Fsp3) is 0.0455. The number of amides is 1. The van der Waals surface area contributed by atoms with Gasteiger partial charge in [-0.1, -0.05) is 23.4 Å². The Hall–Kier alpha value is -4.00. The number of anilines is 1. The van der Waals surface area contributed by atoms with Crippen molar-refractivity contribution in [3.63, 3.8) is 0 Å². The van der Waals surface area contributed by atoms with Crippen molar-refractivity contribution in [2.45, 2.75) is 0 Å². The number of carbonyl (C=O) groups is 1. The van der Waals surface area contributed by atoms with Gasteiger partial charge in [-0.3, -0.25) is 4.79 Å². The molecule has 0 saturated heterocycles. The number of nitrogens with one attached hydrogen (secondary N) is 1. The van der Waals surface area contributed by atoms with Crippen molar-refractivity contribution in [2.24, 2.45) is 0 Å². The van der Waals surface area contributed by atoms with Crippen LogP contribution in [-0.4, -0.2) is 23.2 Å². The van der Waals surface area contributed by atoms with E-state index in [2.05, 4.69) is 15.5 Å². The molecule has 1 heterocycles. The Morgan fingerprint density at radius 2 is 1.79 bits per heavy atom. The Balaban J connectivity index is 1.55. The van der Waals surface area contributed by atoms with E-state index < -0.39 is 11.7 Å². The molecule has 0 bridgehead atoms. The van der Waals surface area contributed by atoms with Gasteiger partial charge in [0.1, 0.15) is 11.6 Å². The first-order valence-corrected chi connectivity index (χ1v) is 8.78. The highest BCUT2D eigenvalue weighted by atomic mass is 19.1. The van der Waals surface area contributed by atoms with E-state index in [1.165, 1.54) is 18.2 Å². The molecule has 4 aromatic rings. The SMILES string of the molecule is COc1ccc(-c2noc(-c3cccc(NC(=O)c4ccccc4F)c3)n2)cc1. The number of ether oxygens (including phenoxy) is 1. The topological polar surface area (TPSA) is 77.3 Å². The zero-order chi connectivity index (χ0) is 20.2. The highest BCUT2D eigenvalue weighted by Crippen LogP contribution is 2.25. The molecule has 0 fully saturated rings. The molecule has 1 aromatic heterocycles. The lowest BCUT2D eigenvalue weighted by molar-refractivity contribution is 0.102. The molecule has 6 nitrogen and oxygen atoms in total. The van der Waals surface area contributed by atoms with Gasteiger partial charge in [0.25, 0.3) is 11.8 Å². The minimum absolute atomic E-state index is 0.0301. The molecule has 144 valence electrons. The Morgan fingerprint density at radius 1 is 1.00 bits per heavy atom. The first-order chi connectivity index (χ1) is 14.1. The molecule has 29 heavy (non-hydrogen) atoms. The summed E-state index contributed by atoms with van der Waals surface area (Å²) in [5.41, 5.74) is 1.87. The summed E-state index contributed by atoms with van der Waals surface area (Å²) >= 11 is 0. The molecule has 3 aromatic carbocycles. The molecule has 7 heteroatoms. The lowest BCUT2D eigenvalue weighted by Gasteiger charge is -2.06. The van der Waals surface area contributed by atoms with Gasteiger partial charge in [0.15, 0.2) is 0 Å². The Morgan fingerprint density at radius 3 is 2.55 bits per heavy atom. The van der Waals surface area contributed by atoms with Crippen molar-refractivity contribution >= 4 is 11.6 Å². The quantitative estimate of drug-likeness (QED) is 0.530. The van der Waals surface area contributed by atoms with Crippen molar-refractivity contribution in [1.82, 2.24) is 10.1 Å². The van der Waals surface area contributed by atoms with Crippen LogP contribution in [0.4, 0.5) is 10.1 Å². The maximum Gasteiger partial charge on any atom is 0.258 e. The van der Waals surface area contributed by atoms with Crippen LogP contribution in [0.3, 0.4) is 0 Å². The summed E-state index contributed by atoms with van der Waals surface area (Å²) in [6.07, 6.45) is 0. The van der Waals surface area contributed by atoms with Gasteiger partial charge in [-0.2, -0.15) is 4.98 Å². The molecular weight excluding hydrogens is 373 g/mol. The van der Waals surface area contributed by atoms with Crippen molar-refractivity contribution in [1.29, 1.82) is 0 Å². The van der Waals surface area contributed by atoms with E-state index in [0.29, 0.717) is 23.0 Å². The number of rotatable bonds is 5. The van der Waals surface area contributed by atoms with Crippen molar-refractivity contribution in [3.05, 3.63) is 84.2 Å². The molecule has 1 N–H and O–H groups in total. The first kappa shape index (κ1) is 18.4. The number of aromatic nitrogens is 2. The Labute approximate surface area is 166 Å². The van der Waals surface area contributed by atoms with E-state index in [1.54, 1.807) is 37.4 Å². The summed E-state index contributed by atoms with van der Waals surface area (Å²) in [7, 11) is 1.60. The summed E-state index contributed by atoms with van der Waals surface area (Å²) in [6.45, 7) is 0. The molecule has 0 saturated carbocycles. The standard InChI is InChI=1S/C22H16FN3O3/c1-28-17-11-9-14(10-12-17)20-25-22(29-26-20)15-5-4-6-16(13-15)24-21(27)18-7-2-3-8-19(18)23/h2-13H,1H3,(H,24,27). The zero-order valence-corrected chi connectivity index (χ0v) is 15.4. The van der Waals surface area contributed by atoms with Crippen LogP contribution in [0.5, 0.6) is 5.75 Å². The largest absolute Gasteiger partial charge is 0.497 e. The molecule has 0 unspecified atom stereocenters. The van der Waals surface area contributed by atoms with E-state index in [0.717, 1.165) is 11.3 Å². The summed E-state index contributed by atoms with van der Waals surface area (Å²) in [4.78, 5) is 16.7. The van der Waals surface area contributed by atoms with Gasteiger partial charge in [0, 0.05) is 16.8 Å². The summed E-state index contributed by atoms with van der Waals surface area (Å²) in [5.74, 6) is 0.351. The molecular formula is C22H16FN3O3. The van der Waals surface area contributed by atoms with Crippen LogP contribution in [0.2, 0.25) is 0 Å². The van der Waals surface area contributed by atoms with Crippen LogP contribution in [0.1, 0.15) is 10.4 Å². The molecule has 1 amide bonds. The highest BCUT2D eigenvalue weighted by Gasteiger charge is 2.14. The maximum absolute atomic E-state index is 13.8. The van der Waals surface area contributed by atoms with Gasteiger partial charge in [-0.15, -0.1) is 0 Å². The summed E-state index contributed by atoms with van der Waals surface area (Å²) in [5, 5.41) is 6.68. The van der Waals surface area contributed by atoms with Gasteiger partial charge >= 0.3 is 0 Å². The van der Waals surface area contributed by atoms with Crippen LogP contribution in [0.15, 0.2) is 77.3 Å². The number of hydrogen-bond acceptors (Lipinski definition) is 5. The third-order valence-corrected chi connectivity index (χ3v) is 4.26. The summed E-state index contributed by atoms with van der Waals surface area (Å²) < 4.78 is 24.3. The lowest BCUT2D eigenvalue weighted by Crippen LogP contribution is -2.13. The van der Waals surface area contributed by atoms with Crippen LogP contribution < -0.4 is 10.1 Å². The molecule has 4 rings (SSSR count). The Bertz CT molecular complexity index is 1160. The van der Waals surface area contributed by atoms with Crippen LogP contribution in [-0.2, 0) is 0 Å². The minimum atomic E-state index is -0.581. The fourth-order valence-electron chi connectivity index (χ4n) is 2.77. The smallest absolute Gasteiger partial charge is 0.258 e. The van der Waals surface area contributed by atoms with E-state index in [4.69, 9.17) is 9.26 Å². The Kier molecular flexibility index (Phi) is 5.03.